The van der Waals surface area contributed by atoms with Crippen molar-refractivity contribution in [3.05, 3.63) is 57.2 Å². The summed E-state index contributed by atoms with van der Waals surface area (Å²) in [5.41, 5.74) is 2.83. The van der Waals surface area contributed by atoms with Gasteiger partial charge in [-0.25, -0.2) is 0 Å². The molecule has 4 rings (SSSR count). The van der Waals surface area contributed by atoms with Crippen molar-refractivity contribution in [1.29, 1.82) is 0 Å². The van der Waals surface area contributed by atoms with E-state index in [1.807, 2.05) is 12.1 Å². The molecule has 2 aromatic carbocycles. The molecule has 8 heteroatoms. The summed E-state index contributed by atoms with van der Waals surface area (Å²) in [5.74, 6) is 1.17. The minimum atomic E-state index is -0.142. The van der Waals surface area contributed by atoms with Crippen LogP contribution in [0.15, 0.2) is 36.5 Å². The molecule has 30 heavy (non-hydrogen) atoms. The van der Waals surface area contributed by atoms with Crippen molar-refractivity contribution in [2.24, 2.45) is 0 Å². The molecule has 0 atom stereocenters. The van der Waals surface area contributed by atoms with Gasteiger partial charge in [0.25, 0.3) is 0 Å². The quantitative estimate of drug-likeness (QED) is 0.488. The molecule has 1 saturated heterocycles. The van der Waals surface area contributed by atoms with Gasteiger partial charge in [-0.05, 0) is 67.7 Å². The van der Waals surface area contributed by atoms with Crippen LogP contribution in [0, 0.1) is 0 Å². The highest BCUT2D eigenvalue weighted by molar-refractivity contribution is 6.42. The number of anilines is 1. The summed E-state index contributed by atoms with van der Waals surface area (Å²) >= 11 is 18.2. The molecular weight excluding hydrogens is 445 g/mol. The first kappa shape index (κ1) is 21.3. The minimum absolute atomic E-state index is 0.142. The smallest absolute Gasteiger partial charge is 0.238 e. The number of amides is 1. The number of aromatic nitrogens is 1. The zero-order valence-electron chi connectivity index (χ0n) is 16.5. The van der Waals surface area contributed by atoms with Crippen LogP contribution >= 0.6 is 34.8 Å². The minimum Gasteiger partial charge on any atom is -0.497 e. The molecule has 0 aliphatic carbocycles. The van der Waals surface area contributed by atoms with Crippen molar-refractivity contribution >= 4 is 57.3 Å². The Morgan fingerprint density at radius 1 is 1.17 bits per heavy atom. The second-order valence-corrected chi connectivity index (χ2v) is 8.75. The average Bonchev–Trinajstić information content (AvgIpc) is 3.14. The molecule has 0 saturated carbocycles. The van der Waals surface area contributed by atoms with Crippen molar-refractivity contribution in [2.75, 3.05) is 32.1 Å². The maximum Gasteiger partial charge on any atom is 0.238 e. The van der Waals surface area contributed by atoms with Gasteiger partial charge in [0.15, 0.2) is 0 Å². The molecule has 158 valence electrons. The number of rotatable bonds is 5. The van der Waals surface area contributed by atoms with Gasteiger partial charge in [0.05, 0.1) is 29.4 Å². The van der Waals surface area contributed by atoms with E-state index in [1.165, 1.54) is 10.9 Å². The van der Waals surface area contributed by atoms with E-state index < -0.39 is 0 Å². The van der Waals surface area contributed by atoms with Crippen LogP contribution in [0.4, 0.5) is 5.69 Å². The fourth-order valence-electron chi connectivity index (χ4n) is 4.03. The summed E-state index contributed by atoms with van der Waals surface area (Å²) in [4.78, 5) is 18.0. The van der Waals surface area contributed by atoms with Crippen LogP contribution in [-0.2, 0) is 4.79 Å². The Hall–Kier alpha value is -1.92. The molecular formula is C22H22Cl3N3O2. The molecule has 0 radical (unpaired) electrons. The maximum atomic E-state index is 12.5. The maximum absolute atomic E-state index is 12.5. The number of hydrogen-bond acceptors (Lipinski definition) is 3. The number of H-pyrrole nitrogens is 1. The van der Waals surface area contributed by atoms with Crippen LogP contribution < -0.4 is 10.1 Å². The van der Waals surface area contributed by atoms with Gasteiger partial charge in [-0.1, -0.05) is 34.8 Å². The number of methoxy groups -OCH3 is 1. The van der Waals surface area contributed by atoms with Gasteiger partial charge in [-0.3, -0.25) is 9.69 Å². The number of benzene rings is 2. The molecule has 1 aromatic heterocycles. The summed E-state index contributed by atoms with van der Waals surface area (Å²) in [6, 6.07) is 9.21. The first-order valence-electron chi connectivity index (χ1n) is 9.76. The Kier molecular flexibility index (Phi) is 6.44. The SMILES string of the molecule is COc1ccc2[nH]cc(C3CCN(CC(=O)Nc4c(Cl)cc(Cl)cc4Cl)CC3)c2c1. The number of nitrogens with one attached hydrogen (secondary N) is 2. The monoisotopic (exact) mass is 465 g/mol. The summed E-state index contributed by atoms with van der Waals surface area (Å²) in [7, 11) is 1.68. The lowest BCUT2D eigenvalue weighted by molar-refractivity contribution is -0.117. The van der Waals surface area contributed by atoms with Crippen molar-refractivity contribution in [3.63, 3.8) is 0 Å². The number of likely N-dealkylation sites (tertiary alicyclic amines) is 1. The molecule has 5 nitrogen and oxygen atoms in total. The number of nitrogens with zero attached hydrogens (tertiary/aromatic N) is 1. The van der Waals surface area contributed by atoms with E-state index in [-0.39, 0.29) is 5.91 Å². The molecule has 2 N–H and O–H groups in total. The van der Waals surface area contributed by atoms with E-state index in [9.17, 15) is 4.79 Å². The summed E-state index contributed by atoms with van der Waals surface area (Å²) < 4.78 is 5.37. The second kappa shape index (κ2) is 9.06. The van der Waals surface area contributed by atoms with Gasteiger partial charge in [-0.2, -0.15) is 0 Å². The third-order valence-corrected chi connectivity index (χ3v) is 6.40. The Morgan fingerprint density at radius 3 is 2.53 bits per heavy atom. The van der Waals surface area contributed by atoms with E-state index in [4.69, 9.17) is 39.5 Å². The first-order valence-corrected chi connectivity index (χ1v) is 10.9. The summed E-state index contributed by atoms with van der Waals surface area (Å²) in [6.07, 6.45) is 4.07. The van der Waals surface area contributed by atoms with Crippen LogP contribution in [0.2, 0.25) is 15.1 Å². The van der Waals surface area contributed by atoms with Crippen LogP contribution in [0.1, 0.15) is 24.3 Å². The van der Waals surface area contributed by atoms with Crippen molar-refractivity contribution < 1.29 is 9.53 Å². The predicted molar refractivity (Wildman–Crippen MR) is 123 cm³/mol. The van der Waals surface area contributed by atoms with Crippen molar-refractivity contribution in [1.82, 2.24) is 9.88 Å². The molecule has 1 aliphatic rings. The third-order valence-electron chi connectivity index (χ3n) is 5.59. The highest BCUT2D eigenvalue weighted by Gasteiger charge is 2.24. The van der Waals surface area contributed by atoms with Gasteiger partial charge in [0.2, 0.25) is 5.91 Å². The fourth-order valence-corrected chi connectivity index (χ4v) is 4.94. The normalized spacial score (nSPS) is 15.5. The number of hydrogen-bond donors (Lipinski definition) is 2. The second-order valence-electron chi connectivity index (χ2n) is 7.50. The molecule has 0 bridgehead atoms. The van der Waals surface area contributed by atoms with Gasteiger partial charge >= 0.3 is 0 Å². The molecule has 0 unspecified atom stereocenters. The predicted octanol–water partition coefficient (Wildman–Crippen LogP) is 5.95. The van der Waals surface area contributed by atoms with Crippen molar-refractivity contribution in [3.8, 4) is 5.75 Å². The Bertz CT molecular complexity index is 1050. The number of carbonyl (C=O) groups excluding carboxylic acids is 1. The highest BCUT2D eigenvalue weighted by atomic mass is 35.5. The Morgan fingerprint density at radius 2 is 1.87 bits per heavy atom. The van der Waals surface area contributed by atoms with Crippen LogP contribution in [0.5, 0.6) is 5.75 Å². The number of ether oxygens (including phenoxy) is 1. The number of fused-ring (bicyclic) bond motifs is 1. The number of halogens is 3. The Labute approximate surface area is 190 Å². The summed E-state index contributed by atoms with van der Waals surface area (Å²) in [6.45, 7) is 1.98. The molecule has 3 aromatic rings. The molecule has 1 aliphatic heterocycles. The zero-order valence-corrected chi connectivity index (χ0v) is 18.7. The van der Waals surface area contributed by atoms with Gasteiger partial charge in [0, 0.05) is 22.1 Å². The standard InChI is InChI=1S/C22H22Cl3N3O2/c1-30-15-2-3-20-16(10-15)17(11-26-20)13-4-6-28(7-5-13)12-21(29)27-22-18(24)8-14(23)9-19(22)25/h2-3,8-11,13,26H,4-7,12H2,1H3,(H,27,29). The number of piperidine rings is 1. The van der Waals surface area contributed by atoms with Gasteiger partial charge in [0.1, 0.15) is 5.75 Å². The van der Waals surface area contributed by atoms with E-state index in [2.05, 4.69) is 27.5 Å². The van der Waals surface area contributed by atoms with E-state index in [0.717, 1.165) is 37.2 Å². The van der Waals surface area contributed by atoms with Crippen LogP contribution in [-0.4, -0.2) is 42.5 Å². The average molecular weight is 467 g/mol. The Balaban J connectivity index is 1.37. The summed E-state index contributed by atoms with van der Waals surface area (Å²) in [5, 5.41) is 5.10. The first-order chi connectivity index (χ1) is 14.4. The van der Waals surface area contributed by atoms with Gasteiger partial charge in [-0.15, -0.1) is 0 Å². The fraction of sp³-hybridized carbons (Fsp3) is 0.318. The molecule has 1 fully saturated rings. The van der Waals surface area contributed by atoms with Crippen molar-refractivity contribution in [2.45, 2.75) is 18.8 Å². The highest BCUT2D eigenvalue weighted by Crippen LogP contribution is 2.35. The largest absolute Gasteiger partial charge is 0.497 e. The number of aromatic amines is 1. The van der Waals surface area contributed by atoms with E-state index >= 15 is 0 Å². The topological polar surface area (TPSA) is 57.4 Å². The lowest BCUT2D eigenvalue weighted by Crippen LogP contribution is -2.38. The zero-order chi connectivity index (χ0) is 21.3. The molecule has 0 spiro atoms. The lowest BCUT2D eigenvalue weighted by Gasteiger charge is -2.31. The molecule has 2 heterocycles. The lowest BCUT2D eigenvalue weighted by atomic mass is 9.89. The number of carbonyl (C=O) groups is 1. The van der Waals surface area contributed by atoms with E-state index in [1.54, 1.807) is 19.2 Å². The van der Waals surface area contributed by atoms with Gasteiger partial charge < -0.3 is 15.0 Å². The molecule has 1 amide bonds. The van der Waals surface area contributed by atoms with Crippen LogP contribution in [0.3, 0.4) is 0 Å². The van der Waals surface area contributed by atoms with Crippen LogP contribution in [0.25, 0.3) is 10.9 Å². The third kappa shape index (κ3) is 4.54. The van der Waals surface area contributed by atoms with E-state index in [0.29, 0.717) is 33.2 Å².